The highest BCUT2D eigenvalue weighted by Gasteiger charge is 2.38. The number of hydrogen-bond acceptors (Lipinski definition) is 2. The number of nitrogens with one attached hydrogen (secondary N) is 1. The van der Waals surface area contributed by atoms with Crippen LogP contribution in [0.5, 0.6) is 5.75 Å². The van der Waals surface area contributed by atoms with Gasteiger partial charge in [0.05, 0.1) is 5.02 Å². The Balaban J connectivity index is 2.10. The van der Waals surface area contributed by atoms with Crippen molar-refractivity contribution in [2.24, 2.45) is 10.8 Å². The first-order chi connectivity index (χ1) is 9.58. The van der Waals surface area contributed by atoms with Gasteiger partial charge in [0, 0.05) is 11.6 Å². The van der Waals surface area contributed by atoms with Crippen LogP contribution < -0.4 is 5.32 Å². The molecule has 1 aromatic carbocycles. The third-order valence-electron chi connectivity index (χ3n) is 4.10. The van der Waals surface area contributed by atoms with Crippen molar-refractivity contribution in [1.82, 2.24) is 5.32 Å². The van der Waals surface area contributed by atoms with E-state index in [1.807, 2.05) is 0 Å². The Bertz CT molecular complexity index is 536. The smallest absolute Gasteiger partial charge is 0.251 e. The lowest BCUT2D eigenvalue weighted by Gasteiger charge is -2.45. The van der Waals surface area contributed by atoms with Gasteiger partial charge < -0.3 is 10.4 Å². The molecule has 0 aromatic heterocycles. The van der Waals surface area contributed by atoms with Crippen molar-refractivity contribution >= 4 is 17.5 Å². The first-order valence-corrected chi connectivity index (χ1v) is 7.75. The van der Waals surface area contributed by atoms with Crippen LogP contribution in [0.1, 0.15) is 57.3 Å². The van der Waals surface area contributed by atoms with Crippen LogP contribution >= 0.6 is 11.6 Å². The van der Waals surface area contributed by atoms with E-state index >= 15 is 0 Å². The number of rotatable bonds is 2. The number of amides is 1. The second-order valence-corrected chi connectivity index (χ2v) is 8.16. The maximum absolute atomic E-state index is 12.3. The van der Waals surface area contributed by atoms with Crippen LogP contribution in [0, 0.1) is 10.8 Å². The summed E-state index contributed by atoms with van der Waals surface area (Å²) >= 11 is 5.86. The summed E-state index contributed by atoms with van der Waals surface area (Å²) in [6, 6.07) is 4.72. The molecule has 1 saturated carbocycles. The number of phenolic OH excluding ortho intramolecular Hbond substituents is 1. The number of aromatic hydroxyl groups is 1. The average molecular weight is 310 g/mol. The van der Waals surface area contributed by atoms with E-state index < -0.39 is 0 Å². The minimum Gasteiger partial charge on any atom is -0.506 e. The molecule has 0 heterocycles. The highest BCUT2D eigenvalue weighted by Crippen LogP contribution is 2.45. The predicted molar refractivity (Wildman–Crippen MR) is 85.8 cm³/mol. The van der Waals surface area contributed by atoms with Gasteiger partial charge in [0.1, 0.15) is 5.75 Å². The van der Waals surface area contributed by atoms with E-state index in [9.17, 15) is 9.90 Å². The van der Waals surface area contributed by atoms with Gasteiger partial charge >= 0.3 is 0 Å². The van der Waals surface area contributed by atoms with Crippen LogP contribution in [0.25, 0.3) is 0 Å². The molecule has 0 unspecified atom stereocenters. The Morgan fingerprint density at radius 3 is 2.33 bits per heavy atom. The molecule has 1 aromatic rings. The molecule has 0 atom stereocenters. The fourth-order valence-electron chi connectivity index (χ4n) is 3.86. The molecule has 21 heavy (non-hydrogen) atoms. The lowest BCUT2D eigenvalue weighted by Crippen LogP contribution is -2.46. The lowest BCUT2D eigenvalue weighted by atomic mass is 9.63. The first-order valence-electron chi connectivity index (χ1n) is 7.37. The first kappa shape index (κ1) is 16.2. The number of carbonyl (C=O) groups excluding carboxylic acids is 1. The summed E-state index contributed by atoms with van der Waals surface area (Å²) in [6.07, 6.45) is 3.12. The molecule has 2 rings (SSSR count). The molecule has 0 bridgehead atoms. The molecule has 1 amide bonds. The summed E-state index contributed by atoms with van der Waals surface area (Å²) < 4.78 is 0. The average Bonchev–Trinajstić information content (AvgIpc) is 2.28. The normalized spacial score (nSPS) is 21.0. The zero-order valence-electron chi connectivity index (χ0n) is 13.2. The number of benzene rings is 1. The van der Waals surface area contributed by atoms with Crippen molar-refractivity contribution in [2.75, 3.05) is 0 Å². The minimum absolute atomic E-state index is 0.00634. The second kappa shape index (κ2) is 5.53. The Kier molecular flexibility index (Phi) is 4.25. The van der Waals surface area contributed by atoms with E-state index in [1.165, 1.54) is 12.1 Å². The molecule has 1 aliphatic carbocycles. The highest BCUT2D eigenvalue weighted by molar-refractivity contribution is 6.32. The van der Waals surface area contributed by atoms with E-state index in [4.69, 9.17) is 11.6 Å². The summed E-state index contributed by atoms with van der Waals surface area (Å²) in [5.74, 6) is -0.136. The van der Waals surface area contributed by atoms with E-state index in [2.05, 4.69) is 33.0 Å². The van der Waals surface area contributed by atoms with E-state index in [1.54, 1.807) is 6.07 Å². The predicted octanol–water partition coefficient (Wildman–Crippen LogP) is 4.38. The van der Waals surface area contributed by atoms with Crippen LogP contribution in [0.3, 0.4) is 0 Å². The highest BCUT2D eigenvalue weighted by atomic mass is 35.5. The Morgan fingerprint density at radius 2 is 1.81 bits per heavy atom. The van der Waals surface area contributed by atoms with Gasteiger partial charge in [-0.2, -0.15) is 0 Å². The molecular formula is C17H24ClNO2. The van der Waals surface area contributed by atoms with Gasteiger partial charge in [-0.25, -0.2) is 0 Å². The molecule has 0 radical (unpaired) electrons. The maximum atomic E-state index is 12.3. The Labute approximate surface area is 131 Å². The lowest BCUT2D eigenvalue weighted by molar-refractivity contribution is 0.0713. The van der Waals surface area contributed by atoms with Crippen LogP contribution in [0.4, 0.5) is 0 Å². The monoisotopic (exact) mass is 309 g/mol. The Hall–Kier alpha value is -1.22. The van der Waals surface area contributed by atoms with Crippen LogP contribution in [0.2, 0.25) is 5.02 Å². The number of carbonyl (C=O) groups is 1. The quantitative estimate of drug-likeness (QED) is 0.851. The molecule has 2 N–H and O–H groups in total. The van der Waals surface area contributed by atoms with Gasteiger partial charge in [-0.05, 0) is 48.3 Å². The van der Waals surface area contributed by atoms with E-state index in [0.717, 1.165) is 19.3 Å². The zero-order valence-corrected chi connectivity index (χ0v) is 13.9. The molecule has 0 spiro atoms. The molecule has 0 saturated heterocycles. The summed E-state index contributed by atoms with van der Waals surface area (Å²) in [5.41, 5.74) is 0.942. The SMILES string of the molecule is CC1(C)CC(NC(=O)c2ccc(O)c(Cl)c2)CC(C)(C)C1. The standard InChI is InChI=1S/C17H24ClNO2/c1-16(2)8-12(9-17(3,4)10-16)19-15(21)11-5-6-14(20)13(18)7-11/h5-7,12,20H,8-10H2,1-4H3,(H,19,21). The van der Waals surface area contributed by atoms with Crippen LogP contribution in [-0.4, -0.2) is 17.1 Å². The fourth-order valence-corrected chi connectivity index (χ4v) is 4.05. The molecule has 1 aliphatic rings. The molecular weight excluding hydrogens is 286 g/mol. The largest absolute Gasteiger partial charge is 0.506 e. The molecule has 4 heteroatoms. The molecule has 1 fully saturated rings. The van der Waals surface area contributed by atoms with E-state index in [0.29, 0.717) is 5.56 Å². The topological polar surface area (TPSA) is 49.3 Å². The van der Waals surface area contributed by atoms with Gasteiger partial charge in [0.2, 0.25) is 0 Å². The Morgan fingerprint density at radius 1 is 1.24 bits per heavy atom. The van der Waals surface area contributed by atoms with Crippen molar-refractivity contribution in [1.29, 1.82) is 0 Å². The van der Waals surface area contributed by atoms with Crippen molar-refractivity contribution in [3.63, 3.8) is 0 Å². The second-order valence-electron chi connectivity index (χ2n) is 7.75. The fraction of sp³-hybridized carbons (Fsp3) is 0.588. The van der Waals surface area contributed by atoms with Crippen LogP contribution in [-0.2, 0) is 0 Å². The van der Waals surface area contributed by atoms with Crippen molar-refractivity contribution in [3.05, 3.63) is 28.8 Å². The van der Waals surface area contributed by atoms with Gasteiger partial charge in [0.15, 0.2) is 0 Å². The summed E-state index contributed by atoms with van der Waals surface area (Å²) in [4.78, 5) is 12.3. The van der Waals surface area contributed by atoms with Crippen molar-refractivity contribution < 1.29 is 9.90 Å². The van der Waals surface area contributed by atoms with Crippen LogP contribution in [0.15, 0.2) is 18.2 Å². The summed E-state index contributed by atoms with van der Waals surface area (Å²) in [5, 5.41) is 12.7. The summed E-state index contributed by atoms with van der Waals surface area (Å²) in [6.45, 7) is 9.02. The minimum atomic E-state index is -0.129. The number of phenols is 1. The maximum Gasteiger partial charge on any atom is 0.251 e. The van der Waals surface area contributed by atoms with Gasteiger partial charge in [-0.15, -0.1) is 0 Å². The van der Waals surface area contributed by atoms with Gasteiger partial charge in [-0.1, -0.05) is 39.3 Å². The summed E-state index contributed by atoms with van der Waals surface area (Å²) in [7, 11) is 0. The molecule has 116 valence electrons. The van der Waals surface area contributed by atoms with Gasteiger partial charge in [-0.3, -0.25) is 4.79 Å². The third kappa shape index (κ3) is 4.13. The number of halogens is 1. The zero-order chi connectivity index (χ0) is 15.8. The van der Waals surface area contributed by atoms with Gasteiger partial charge in [0.25, 0.3) is 5.91 Å². The molecule has 0 aliphatic heterocycles. The van der Waals surface area contributed by atoms with Crippen molar-refractivity contribution in [3.8, 4) is 5.75 Å². The molecule has 3 nitrogen and oxygen atoms in total. The number of hydrogen-bond donors (Lipinski definition) is 2. The van der Waals surface area contributed by atoms with E-state index in [-0.39, 0.29) is 33.6 Å². The van der Waals surface area contributed by atoms with Crippen molar-refractivity contribution in [2.45, 2.75) is 53.0 Å². The third-order valence-corrected chi connectivity index (χ3v) is 4.40.